The lowest BCUT2D eigenvalue weighted by atomic mass is 9.83. The van der Waals surface area contributed by atoms with E-state index in [9.17, 15) is 10.4 Å². The van der Waals surface area contributed by atoms with Gasteiger partial charge in [0.25, 0.3) is 0 Å². The zero-order valence-corrected chi connectivity index (χ0v) is 16.1. The number of ether oxygens (including phenoxy) is 2. The monoisotopic (exact) mass is 404 g/mol. The second kappa shape index (κ2) is 7.78. The number of hydrogen-bond acceptors (Lipinski definition) is 5. The Labute approximate surface area is 173 Å². The maximum atomic E-state index is 9.73. The number of allylic oxidation sites excluding steroid dienone is 1. The van der Waals surface area contributed by atoms with Gasteiger partial charge in [0, 0.05) is 16.7 Å². The van der Waals surface area contributed by atoms with E-state index in [1.165, 1.54) is 6.07 Å². The molecule has 1 aliphatic rings. The van der Waals surface area contributed by atoms with Crippen LogP contribution in [0.15, 0.2) is 78.2 Å². The molecule has 6 heteroatoms. The van der Waals surface area contributed by atoms with Crippen molar-refractivity contribution in [3.05, 3.63) is 99.9 Å². The molecule has 5 nitrogen and oxygen atoms in total. The number of nitriles is 1. The fraction of sp³-hybridized carbons (Fsp3) is 0.0870. The molecule has 3 aromatic carbocycles. The molecule has 0 aromatic heterocycles. The van der Waals surface area contributed by atoms with Crippen LogP contribution in [0.25, 0.3) is 0 Å². The molecule has 1 unspecified atom stereocenters. The second-order valence-electron chi connectivity index (χ2n) is 6.63. The molecule has 0 fully saturated rings. The first-order valence-electron chi connectivity index (χ1n) is 8.93. The van der Waals surface area contributed by atoms with Crippen molar-refractivity contribution in [2.75, 3.05) is 0 Å². The van der Waals surface area contributed by atoms with Crippen LogP contribution in [-0.2, 0) is 6.61 Å². The van der Waals surface area contributed by atoms with Crippen LogP contribution in [0.4, 0.5) is 0 Å². The molecule has 0 aliphatic carbocycles. The number of benzene rings is 3. The second-order valence-corrected chi connectivity index (χ2v) is 7.07. The number of nitrogens with two attached hydrogens (primary N) is 1. The van der Waals surface area contributed by atoms with Gasteiger partial charge in [0.1, 0.15) is 35.5 Å². The maximum Gasteiger partial charge on any atom is 0.205 e. The summed E-state index contributed by atoms with van der Waals surface area (Å²) >= 11 is 5.90. The number of phenolic OH excluding ortho intramolecular Hbond substituents is 1. The van der Waals surface area contributed by atoms with E-state index in [-0.39, 0.29) is 17.6 Å². The van der Waals surface area contributed by atoms with Gasteiger partial charge in [0.15, 0.2) is 0 Å². The molecule has 0 radical (unpaired) electrons. The van der Waals surface area contributed by atoms with Crippen LogP contribution in [-0.4, -0.2) is 5.11 Å². The van der Waals surface area contributed by atoms with E-state index >= 15 is 0 Å². The average molecular weight is 405 g/mol. The standard InChI is InChI=1S/C23H17ClN2O3/c24-16-5-1-14(2-6-16)13-28-18-8-3-15(4-9-18)22-19-10-7-17(27)11-21(19)29-23(26)20(22)12-25/h1-11,22,27H,13,26H2. The first-order chi connectivity index (χ1) is 14.0. The Kier molecular flexibility index (Phi) is 5.03. The summed E-state index contributed by atoms with van der Waals surface area (Å²) in [4.78, 5) is 0. The molecule has 0 saturated carbocycles. The van der Waals surface area contributed by atoms with Gasteiger partial charge in [-0.15, -0.1) is 0 Å². The molecule has 4 rings (SSSR count). The van der Waals surface area contributed by atoms with Gasteiger partial charge in [0.2, 0.25) is 5.88 Å². The van der Waals surface area contributed by atoms with Crippen LogP contribution in [0.1, 0.15) is 22.6 Å². The van der Waals surface area contributed by atoms with E-state index in [0.29, 0.717) is 28.7 Å². The van der Waals surface area contributed by atoms with Gasteiger partial charge < -0.3 is 20.3 Å². The minimum Gasteiger partial charge on any atom is -0.508 e. The van der Waals surface area contributed by atoms with Crippen molar-refractivity contribution in [3.63, 3.8) is 0 Å². The minimum atomic E-state index is -0.380. The Morgan fingerprint density at radius 2 is 1.79 bits per heavy atom. The fourth-order valence-corrected chi connectivity index (χ4v) is 3.42. The molecule has 0 bridgehead atoms. The van der Waals surface area contributed by atoms with Crippen LogP contribution in [0.3, 0.4) is 0 Å². The van der Waals surface area contributed by atoms with Crippen molar-refractivity contribution < 1.29 is 14.6 Å². The molecule has 1 atom stereocenters. The van der Waals surface area contributed by atoms with Gasteiger partial charge >= 0.3 is 0 Å². The molecule has 1 heterocycles. The quantitative estimate of drug-likeness (QED) is 0.649. The highest BCUT2D eigenvalue weighted by Crippen LogP contribution is 2.43. The highest BCUT2D eigenvalue weighted by molar-refractivity contribution is 6.30. The van der Waals surface area contributed by atoms with Crippen molar-refractivity contribution >= 4 is 11.6 Å². The number of fused-ring (bicyclic) bond motifs is 1. The van der Waals surface area contributed by atoms with Crippen molar-refractivity contribution in [3.8, 4) is 23.3 Å². The summed E-state index contributed by atoms with van der Waals surface area (Å²) in [6.07, 6.45) is 0. The number of hydrogen-bond donors (Lipinski definition) is 2. The lowest BCUT2D eigenvalue weighted by molar-refractivity contribution is 0.306. The summed E-state index contributed by atoms with van der Waals surface area (Å²) in [5.41, 5.74) is 8.94. The molecule has 0 amide bonds. The van der Waals surface area contributed by atoms with Crippen LogP contribution in [0, 0.1) is 11.3 Å². The highest BCUT2D eigenvalue weighted by atomic mass is 35.5. The van der Waals surface area contributed by atoms with Gasteiger partial charge in [-0.2, -0.15) is 5.26 Å². The normalized spacial score (nSPS) is 15.2. The Morgan fingerprint density at radius 1 is 1.07 bits per heavy atom. The van der Waals surface area contributed by atoms with Gasteiger partial charge in [-0.3, -0.25) is 0 Å². The average Bonchev–Trinajstić information content (AvgIpc) is 2.72. The molecule has 144 valence electrons. The molecular weight excluding hydrogens is 388 g/mol. The predicted molar refractivity (Wildman–Crippen MR) is 110 cm³/mol. The Morgan fingerprint density at radius 3 is 2.48 bits per heavy atom. The lowest BCUT2D eigenvalue weighted by Gasteiger charge is -2.26. The molecule has 29 heavy (non-hydrogen) atoms. The van der Waals surface area contributed by atoms with Gasteiger partial charge in [-0.25, -0.2) is 0 Å². The molecule has 0 saturated heterocycles. The molecule has 3 aromatic rings. The van der Waals surface area contributed by atoms with Gasteiger partial charge in [-0.1, -0.05) is 41.9 Å². The number of halogens is 1. The summed E-state index contributed by atoms with van der Waals surface area (Å²) < 4.78 is 11.4. The third kappa shape index (κ3) is 3.84. The summed E-state index contributed by atoms with van der Waals surface area (Å²) in [6.45, 7) is 0.423. The van der Waals surface area contributed by atoms with Crippen LogP contribution < -0.4 is 15.2 Å². The summed E-state index contributed by atoms with van der Waals surface area (Å²) in [5.74, 6) is 0.877. The summed E-state index contributed by atoms with van der Waals surface area (Å²) in [6, 6.07) is 21.9. The van der Waals surface area contributed by atoms with Crippen LogP contribution in [0.5, 0.6) is 17.2 Å². The Bertz CT molecular complexity index is 1120. The van der Waals surface area contributed by atoms with Crippen molar-refractivity contribution in [2.45, 2.75) is 12.5 Å². The van der Waals surface area contributed by atoms with Gasteiger partial charge in [0.05, 0.1) is 5.92 Å². The van der Waals surface area contributed by atoms with E-state index in [1.54, 1.807) is 12.1 Å². The van der Waals surface area contributed by atoms with Crippen LogP contribution in [0.2, 0.25) is 5.02 Å². The first kappa shape index (κ1) is 18.7. The zero-order valence-electron chi connectivity index (χ0n) is 15.3. The summed E-state index contributed by atoms with van der Waals surface area (Å²) in [5, 5.41) is 20.0. The minimum absolute atomic E-state index is 0.0404. The number of nitrogens with zero attached hydrogens (tertiary/aromatic N) is 1. The Balaban J connectivity index is 1.59. The summed E-state index contributed by atoms with van der Waals surface area (Å²) in [7, 11) is 0. The number of aromatic hydroxyl groups is 1. The first-order valence-corrected chi connectivity index (χ1v) is 9.30. The topological polar surface area (TPSA) is 88.5 Å². The molecular formula is C23H17ClN2O3. The predicted octanol–water partition coefficient (Wildman–Crippen LogP) is 4.84. The number of rotatable bonds is 4. The SMILES string of the molecule is N#CC1=C(N)Oc2cc(O)ccc2C1c1ccc(OCc2ccc(Cl)cc2)cc1. The van der Waals surface area contributed by atoms with Crippen LogP contribution >= 0.6 is 11.6 Å². The van der Waals surface area contributed by atoms with Crippen molar-refractivity contribution in [1.29, 1.82) is 5.26 Å². The van der Waals surface area contributed by atoms with E-state index in [0.717, 1.165) is 16.7 Å². The van der Waals surface area contributed by atoms with Crippen molar-refractivity contribution in [2.24, 2.45) is 5.73 Å². The highest BCUT2D eigenvalue weighted by Gasteiger charge is 2.30. The third-order valence-electron chi connectivity index (χ3n) is 4.73. The third-order valence-corrected chi connectivity index (χ3v) is 4.99. The van der Waals surface area contributed by atoms with E-state index < -0.39 is 0 Å². The molecule has 3 N–H and O–H groups in total. The largest absolute Gasteiger partial charge is 0.508 e. The smallest absolute Gasteiger partial charge is 0.205 e. The number of phenols is 1. The Hall–Kier alpha value is -3.62. The molecule has 0 spiro atoms. The van der Waals surface area contributed by atoms with Gasteiger partial charge in [-0.05, 0) is 41.5 Å². The maximum absolute atomic E-state index is 9.73. The van der Waals surface area contributed by atoms with E-state index in [2.05, 4.69) is 6.07 Å². The lowest BCUT2D eigenvalue weighted by Crippen LogP contribution is -2.20. The zero-order chi connectivity index (χ0) is 20.4. The van der Waals surface area contributed by atoms with Crippen molar-refractivity contribution in [1.82, 2.24) is 0 Å². The van der Waals surface area contributed by atoms with E-state index in [4.69, 9.17) is 26.8 Å². The van der Waals surface area contributed by atoms with E-state index in [1.807, 2.05) is 48.5 Å². The molecule has 1 aliphatic heterocycles. The fourth-order valence-electron chi connectivity index (χ4n) is 3.29.